The first-order chi connectivity index (χ1) is 8.31. The van der Waals surface area contributed by atoms with Crippen molar-refractivity contribution in [3.05, 3.63) is 41.4 Å². The maximum absolute atomic E-state index is 5.85. The molecule has 1 N–H and O–H groups in total. The van der Waals surface area contributed by atoms with Crippen molar-refractivity contribution in [1.82, 2.24) is 19.8 Å². The average molecular weight is 250 g/mol. The van der Waals surface area contributed by atoms with Crippen molar-refractivity contribution in [2.45, 2.75) is 6.54 Å². The fraction of sp³-hybridized carbons (Fsp3) is 0.100. The zero-order valence-electron chi connectivity index (χ0n) is 8.67. The second kappa shape index (κ2) is 4.06. The Kier molecular flexibility index (Phi) is 2.41. The second-order valence-corrected chi connectivity index (χ2v) is 3.85. The van der Waals surface area contributed by atoms with E-state index in [9.17, 15) is 0 Å². The van der Waals surface area contributed by atoms with E-state index in [2.05, 4.69) is 20.6 Å². The van der Waals surface area contributed by atoms with Crippen LogP contribution in [0.15, 0.2) is 35.1 Å². The first-order valence-electron chi connectivity index (χ1n) is 4.96. The standard InChI is InChI=1S/C10H8ClN5O/c11-7-1-2-9-14-10(15-16(9)6-7)12-5-8-3-4-13-17-8/h1-4,6H,5H2,(H,12,15). The minimum Gasteiger partial charge on any atom is -0.360 e. The molecule has 0 spiro atoms. The molecule has 3 aromatic rings. The molecule has 0 unspecified atom stereocenters. The lowest BCUT2D eigenvalue weighted by Crippen LogP contribution is -2.00. The summed E-state index contributed by atoms with van der Waals surface area (Å²) in [5.74, 6) is 1.24. The minimum absolute atomic E-state index is 0.491. The van der Waals surface area contributed by atoms with Crippen molar-refractivity contribution in [2.75, 3.05) is 5.32 Å². The molecule has 3 rings (SSSR count). The van der Waals surface area contributed by atoms with Crippen LogP contribution in [0.2, 0.25) is 5.02 Å². The van der Waals surface area contributed by atoms with Crippen LogP contribution < -0.4 is 5.32 Å². The Morgan fingerprint density at radius 3 is 3.12 bits per heavy atom. The Labute approximate surface area is 101 Å². The van der Waals surface area contributed by atoms with Gasteiger partial charge >= 0.3 is 0 Å². The number of fused-ring (bicyclic) bond motifs is 1. The predicted molar refractivity (Wildman–Crippen MR) is 61.8 cm³/mol. The lowest BCUT2D eigenvalue weighted by molar-refractivity contribution is 0.388. The number of aromatic nitrogens is 4. The van der Waals surface area contributed by atoms with Crippen LogP contribution in [-0.2, 0) is 6.54 Å². The summed E-state index contributed by atoms with van der Waals surface area (Å²) in [6.07, 6.45) is 3.29. The van der Waals surface area contributed by atoms with E-state index in [4.69, 9.17) is 16.1 Å². The Bertz CT molecular complexity index is 633. The zero-order chi connectivity index (χ0) is 11.7. The summed E-state index contributed by atoms with van der Waals surface area (Å²) >= 11 is 5.85. The Morgan fingerprint density at radius 2 is 2.29 bits per heavy atom. The topological polar surface area (TPSA) is 68.2 Å². The molecule has 0 aromatic carbocycles. The quantitative estimate of drug-likeness (QED) is 0.769. The fourth-order valence-corrected chi connectivity index (χ4v) is 1.59. The summed E-state index contributed by atoms with van der Waals surface area (Å²) in [6.45, 7) is 0.491. The van der Waals surface area contributed by atoms with Crippen molar-refractivity contribution < 1.29 is 4.52 Å². The van der Waals surface area contributed by atoms with Gasteiger partial charge in [-0.3, -0.25) is 0 Å². The SMILES string of the molecule is Clc1ccc2nc(NCc3ccno3)nn2c1. The minimum atomic E-state index is 0.491. The van der Waals surface area contributed by atoms with Gasteiger partial charge in [0.15, 0.2) is 11.4 Å². The van der Waals surface area contributed by atoms with E-state index in [0.29, 0.717) is 17.5 Å². The van der Waals surface area contributed by atoms with Gasteiger partial charge in [-0.25, -0.2) is 4.52 Å². The highest BCUT2D eigenvalue weighted by atomic mass is 35.5. The number of anilines is 1. The van der Waals surface area contributed by atoms with E-state index >= 15 is 0 Å². The number of pyridine rings is 1. The molecule has 0 aliphatic carbocycles. The van der Waals surface area contributed by atoms with Gasteiger partial charge in [-0.1, -0.05) is 16.8 Å². The van der Waals surface area contributed by atoms with Crippen LogP contribution in [0.4, 0.5) is 5.95 Å². The second-order valence-electron chi connectivity index (χ2n) is 3.42. The van der Waals surface area contributed by atoms with Gasteiger partial charge in [0.25, 0.3) is 0 Å². The molecule has 0 aliphatic rings. The van der Waals surface area contributed by atoms with Gasteiger partial charge in [-0.2, -0.15) is 4.98 Å². The molecule has 86 valence electrons. The number of hydrogen-bond donors (Lipinski definition) is 1. The van der Waals surface area contributed by atoms with E-state index in [-0.39, 0.29) is 0 Å². The van der Waals surface area contributed by atoms with Crippen molar-refractivity contribution in [3.63, 3.8) is 0 Å². The molecule has 3 aromatic heterocycles. The van der Waals surface area contributed by atoms with Crippen LogP contribution in [0.1, 0.15) is 5.76 Å². The van der Waals surface area contributed by atoms with E-state index in [1.807, 2.05) is 0 Å². The van der Waals surface area contributed by atoms with Crippen LogP contribution in [0, 0.1) is 0 Å². The van der Waals surface area contributed by atoms with Gasteiger partial charge < -0.3 is 9.84 Å². The molecule has 0 atom stereocenters. The third-order valence-electron chi connectivity index (χ3n) is 2.21. The lowest BCUT2D eigenvalue weighted by atomic mass is 10.4. The van der Waals surface area contributed by atoms with Gasteiger partial charge in [0.05, 0.1) is 17.8 Å². The highest BCUT2D eigenvalue weighted by Crippen LogP contribution is 2.11. The first-order valence-corrected chi connectivity index (χ1v) is 5.34. The van der Waals surface area contributed by atoms with E-state index < -0.39 is 0 Å². The van der Waals surface area contributed by atoms with Crippen LogP contribution in [0.25, 0.3) is 5.65 Å². The molecule has 0 radical (unpaired) electrons. The molecule has 0 saturated heterocycles. The molecule has 3 heterocycles. The molecule has 7 heteroatoms. The summed E-state index contributed by atoms with van der Waals surface area (Å²) in [6, 6.07) is 5.35. The summed E-state index contributed by atoms with van der Waals surface area (Å²) in [5, 5.41) is 11.5. The average Bonchev–Trinajstić information content (AvgIpc) is 2.94. The van der Waals surface area contributed by atoms with Crippen molar-refractivity contribution in [3.8, 4) is 0 Å². The van der Waals surface area contributed by atoms with E-state index in [1.165, 1.54) is 0 Å². The molecular formula is C10H8ClN5O. The monoisotopic (exact) mass is 249 g/mol. The molecule has 0 bridgehead atoms. The molecular weight excluding hydrogens is 242 g/mol. The number of nitrogens with one attached hydrogen (secondary N) is 1. The van der Waals surface area contributed by atoms with E-state index in [1.54, 1.807) is 35.1 Å². The highest BCUT2D eigenvalue weighted by Gasteiger charge is 2.04. The van der Waals surface area contributed by atoms with Crippen LogP contribution in [-0.4, -0.2) is 19.8 Å². The maximum Gasteiger partial charge on any atom is 0.243 e. The van der Waals surface area contributed by atoms with Crippen LogP contribution >= 0.6 is 11.6 Å². The number of hydrogen-bond acceptors (Lipinski definition) is 5. The Balaban J connectivity index is 1.81. The lowest BCUT2D eigenvalue weighted by Gasteiger charge is -1.95. The van der Waals surface area contributed by atoms with Gasteiger partial charge in [0.1, 0.15) is 0 Å². The molecule has 0 aliphatic heterocycles. The van der Waals surface area contributed by atoms with Crippen molar-refractivity contribution in [2.24, 2.45) is 0 Å². The molecule has 17 heavy (non-hydrogen) atoms. The number of rotatable bonds is 3. The Hall–Kier alpha value is -2.08. The van der Waals surface area contributed by atoms with Gasteiger partial charge in [0, 0.05) is 12.3 Å². The number of halogens is 1. The third-order valence-corrected chi connectivity index (χ3v) is 2.43. The van der Waals surface area contributed by atoms with E-state index in [0.717, 1.165) is 11.4 Å². The first kappa shape index (κ1) is 10.1. The largest absolute Gasteiger partial charge is 0.360 e. The summed E-state index contributed by atoms with van der Waals surface area (Å²) in [7, 11) is 0. The molecule has 0 saturated carbocycles. The summed E-state index contributed by atoms with van der Waals surface area (Å²) in [4.78, 5) is 4.27. The molecule has 0 fully saturated rings. The third kappa shape index (κ3) is 2.07. The summed E-state index contributed by atoms with van der Waals surface area (Å²) < 4.78 is 6.57. The van der Waals surface area contributed by atoms with Crippen molar-refractivity contribution >= 4 is 23.2 Å². The van der Waals surface area contributed by atoms with Crippen LogP contribution in [0.5, 0.6) is 0 Å². The predicted octanol–water partition coefficient (Wildman–Crippen LogP) is 1.98. The molecule has 0 amide bonds. The van der Waals surface area contributed by atoms with Gasteiger partial charge in [-0.05, 0) is 12.1 Å². The fourth-order valence-electron chi connectivity index (χ4n) is 1.43. The summed E-state index contributed by atoms with van der Waals surface area (Å²) in [5.41, 5.74) is 0.731. The maximum atomic E-state index is 5.85. The van der Waals surface area contributed by atoms with Gasteiger partial charge in [-0.15, -0.1) is 5.10 Å². The Morgan fingerprint density at radius 1 is 1.35 bits per heavy atom. The van der Waals surface area contributed by atoms with Crippen LogP contribution in [0.3, 0.4) is 0 Å². The molecule has 6 nitrogen and oxygen atoms in total. The smallest absolute Gasteiger partial charge is 0.243 e. The normalized spacial score (nSPS) is 10.9. The number of nitrogens with zero attached hydrogens (tertiary/aromatic N) is 4. The van der Waals surface area contributed by atoms with Crippen molar-refractivity contribution in [1.29, 1.82) is 0 Å². The van der Waals surface area contributed by atoms with Gasteiger partial charge in [0.2, 0.25) is 5.95 Å². The highest BCUT2D eigenvalue weighted by molar-refractivity contribution is 6.30. The zero-order valence-corrected chi connectivity index (χ0v) is 9.42.